The van der Waals surface area contributed by atoms with Gasteiger partial charge in [0.1, 0.15) is 5.82 Å². The summed E-state index contributed by atoms with van der Waals surface area (Å²) in [5.41, 5.74) is 2.04. The molecular formula is C18H22FNO. The molecule has 0 saturated heterocycles. The molecule has 0 spiro atoms. The lowest BCUT2D eigenvalue weighted by atomic mass is 10.1. The van der Waals surface area contributed by atoms with Crippen LogP contribution in [0.1, 0.15) is 43.7 Å². The molecule has 3 heteroatoms. The minimum Gasteiger partial charge on any atom is -0.311 e. The summed E-state index contributed by atoms with van der Waals surface area (Å²) >= 11 is 0. The molecule has 2 aromatic rings. The molecule has 0 radical (unpaired) electrons. The topological polar surface area (TPSA) is 22.0 Å². The smallest absolute Gasteiger partial charge is 0.251 e. The van der Waals surface area contributed by atoms with Gasteiger partial charge in [-0.25, -0.2) is 4.39 Å². The van der Waals surface area contributed by atoms with Crippen molar-refractivity contribution in [2.45, 2.75) is 45.6 Å². The summed E-state index contributed by atoms with van der Waals surface area (Å²) in [4.78, 5) is 12.1. The van der Waals surface area contributed by atoms with Gasteiger partial charge in [-0.1, -0.05) is 38.3 Å². The van der Waals surface area contributed by atoms with E-state index in [-0.39, 0.29) is 11.4 Å². The van der Waals surface area contributed by atoms with Gasteiger partial charge >= 0.3 is 0 Å². The molecule has 112 valence electrons. The highest BCUT2D eigenvalue weighted by atomic mass is 19.1. The van der Waals surface area contributed by atoms with E-state index in [1.165, 1.54) is 31.4 Å². The predicted molar refractivity (Wildman–Crippen MR) is 84.1 cm³/mol. The van der Waals surface area contributed by atoms with Gasteiger partial charge in [0.2, 0.25) is 0 Å². The van der Waals surface area contributed by atoms with E-state index in [9.17, 15) is 9.18 Å². The van der Waals surface area contributed by atoms with Crippen LogP contribution in [0.5, 0.6) is 0 Å². The highest BCUT2D eigenvalue weighted by Gasteiger charge is 2.01. The molecule has 0 saturated carbocycles. The van der Waals surface area contributed by atoms with E-state index in [4.69, 9.17) is 0 Å². The van der Waals surface area contributed by atoms with Crippen molar-refractivity contribution in [1.82, 2.24) is 4.57 Å². The molecule has 0 unspecified atom stereocenters. The first kappa shape index (κ1) is 15.5. The maximum Gasteiger partial charge on any atom is 0.251 e. The Morgan fingerprint density at radius 1 is 1.00 bits per heavy atom. The van der Waals surface area contributed by atoms with Crippen LogP contribution in [0.3, 0.4) is 0 Å². The van der Waals surface area contributed by atoms with Gasteiger partial charge in [0.05, 0.1) is 6.54 Å². The van der Waals surface area contributed by atoms with Crippen molar-refractivity contribution in [3.8, 4) is 0 Å². The Morgan fingerprint density at radius 2 is 1.76 bits per heavy atom. The summed E-state index contributed by atoms with van der Waals surface area (Å²) in [5.74, 6) is -0.256. The van der Waals surface area contributed by atoms with Crippen LogP contribution in [0, 0.1) is 5.82 Å². The zero-order valence-corrected chi connectivity index (χ0v) is 12.5. The SMILES string of the molecule is CCCCCCc1ccn(Cc2ccc(F)cc2)c(=O)c1. The summed E-state index contributed by atoms with van der Waals surface area (Å²) in [6.45, 7) is 2.67. The van der Waals surface area contributed by atoms with Gasteiger partial charge in [0.25, 0.3) is 5.56 Å². The van der Waals surface area contributed by atoms with Crippen molar-refractivity contribution < 1.29 is 4.39 Å². The maximum atomic E-state index is 12.9. The van der Waals surface area contributed by atoms with Crippen molar-refractivity contribution in [2.75, 3.05) is 0 Å². The first-order valence-corrected chi connectivity index (χ1v) is 7.63. The Morgan fingerprint density at radius 3 is 2.43 bits per heavy atom. The Kier molecular flexibility index (Phi) is 5.73. The van der Waals surface area contributed by atoms with Crippen LogP contribution >= 0.6 is 0 Å². The summed E-state index contributed by atoms with van der Waals surface area (Å²) in [6.07, 6.45) is 7.62. The number of pyridine rings is 1. The lowest BCUT2D eigenvalue weighted by molar-refractivity contribution is 0.626. The van der Waals surface area contributed by atoms with Crippen LogP contribution in [0.4, 0.5) is 4.39 Å². The number of halogens is 1. The highest BCUT2D eigenvalue weighted by Crippen LogP contribution is 2.07. The number of unbranched alkanes of at least 4 members (excludes halogenated alkanes) is 3. The minimum atomic E-state index is -0.256. The van der Waals surface area contributed by atoms with Gasteiger partial charge in [-0.3, -0.25) is 4.79 Å². The third kappa shape index (κ3) is 4.85. The van der Waals surface area contributed by atoms with Gasteiger partial charge in [-0.2, -0.15) is 0 Å². The third-order valence-corrected chi connectivity index (χ3v) is 3.65. The first-order chi connectivity index (χ1) is 10.2. The average Bonchev–Trinajstić information content (AvgIpc) is 2.48. The van der Waals surface area contributed by atoms with Crippen LogP contribution in [0.2, 0.25) is 0 Å². The van der Waals surface area contributed by atoms with Crippen molar-refractivity contribution in [2.24, 2.45) is 0 Å². The second kappa shape index (κ2) is 7.77. The van der Waals surface area contributed by atoms with E-state index in [0.29, 0.717) is 6.54 Å². The number of hydrogen-bond donors (Lipinski definition) is 0. The average molecular weight is 287 g/mol. The highest BCUT2D eigenvalue weighted by molar-refractivity contribution is 5.18. The van der Waals surface area contributed by atoms with E-state index in [2.05, 4.69) is 6.92 Å². The van der Waals surface area contributed by atoms with E-state index >= 15 is 0 Å². The molecule has 0 aliphatic heterocycles. The predicted octanol–water partition coefficient (Wildman–Crippen LogP) is 4.16. The molecule has 1 aromatic carbocycles. The first-order valence-electron chi connectivity index (χ1n) is 7.63. The zero-order valence-electron chi connectivity index (χ0n) is 12.5. The van der Waals surface area contributed by atoms with Crippen LogP contribution in [-0.4, -0.2) is 4.57 Å². The second-order valence-corrected chi connectivity index (χ2v) is 5.44. The fourth-order valence-corrected chi connectivity index (χ4v) is 2.38. The van der Waals surface area contributed by atoms with Crippen molar-refractivity contribution in [3.63, 3.8) is 0 Å². The van der Waals surface area contributed by atoms with Crippen LogP contribution < -0.4 is 5.56 Å². The van der Waals surface area contributed by atoms with Crippen LogP contribution in [0.25, 0.3) is 0 Å². The summed E-state index contributed by atoms with van der Waals surface area (Å²) < 4.78 is 14.5. The number of aromatic nitrogens is 1. The fourth-order valence-electron chi connectivity index (χ4n) is 2.38. The molecule has 0 aliphatic rings. The summed E-state index contributed by atoms with van der Waals surface area (Å²) in [7, 11) is 0. The summed E-state index contributed by atoms with van der Waals surface area (Å²) in [5, 5.41) is 0. The normalized spacial score (nSPS) is 10.8. The molecule has 21 heavy (non-hydrogen) atoms. The lowest BCUT2D eigenvalue weighted by Gasteiger charge is -2.07. The largest absolute Gasteiger partial charge is 0.311 e. The molecule has 2 nitrogen and oxygen atoms in total. The van der Waals surface area contributed by atoms with Gasteiger partial charge in [-0.05, 0) is 42.2 Å². The van der Waals surface area contributed by atoms with Crippen LogP contribution in [-0.2, 0) is 13.0 Å². The maximum absolute atomic E-state index is 12.9. The fraction of sp³-hybridized carbons (Fsp3) is 0.389. The number of benzene rings is 1. The Hall–Kier alpha value is -1.90. The van der Waals surface area contributed by atoms with Crippen molar-refractivity contribution in [3.05, 3.63) is 69.9 Å². The monoisotopic (exact) mass is 287 g/mol. The van der Waals surface area contributed by atoms with Gasteiger partial charge < -0.3 is 4.57 Å². The molecular weight excluding hydrogens is 265 g/mol. The molecule has 0 atom stereocenters. The molecule has 0 N–H and O–H groups in total. The van der Waals surface area contributed by atoms with Crippen molar-refractivity contribution in [1.29, 1.82) is 0 Å². The summed E-state index contributed by atoms with van der Waals surface area (Å²) in [6, 6.07) is 9.98. The van der Waals surface area contributed by atoms with Gasteiger partial charge in [0, 0.05) is 12.3 Å². The van der Waals surface area contributed by atoms with Crippen molar-refractivity contribution >= 4 is 0 Å². The Labute approximate surface area is 125 Å². The zero-order chi connectivity index (χ0) is 15.1. The quantitative estimate of drug-likeness (QED) is 0.701. The molecule has 0 bridgehead atoms. The van der Waals surface area contributed by atoms with E-state index < -0.39 is 0 Å². The molecule has 2 rings (SSSR count). The molecule has 1 heterocycles. The number of nitrogens with zero attached hydrogens (tertiary/aromatic N) is 1. The van der Waals surface area contributed by atoms with E-state index in [0.717, 1.165) is 24.0 Å². The molecule has 0 amide bonds. The number of rotatable bonds is 7. The lowest BCUT2D eigenvalue weighted by Crippen LogP contribution is -2.19. The van der Waals surface area contributed by atoms with Gasteiger partial charge in [0.15, 0.2) is 0 Å². The number of aryl methyl sites for hydroxylation is 1. The number of hydrogen-bond acceptors (Lipinski definition) is 1. The second-order valence-electron chi connectivity index (χ2n) is 5.44. The molecule has 0 fully saturated rings. The van der Waals surface area contributed by atoms with Gasteiger partial charge in [-0.15, -0.1) is 0 Å². The van der Waals surface area contributed by atoms with E-state index in [1.807, 2.05) is 12.3 Å². The Balaban J connectivity index is 1.98. The third-order valence-electron chi connectivity index (χ3n) is 3.65. The molecule has 1 aromatic heterocycles. The Bertz CT molecular complexity index is 616. The van der Waals surface area contributed by atoms with E-state index in [1.54, 1.807) is 22.8 Å². The molecule has 0 aliphatic carbocycles. The standard InChI is InChI=1S/C18H22FNO/c1-2-3-4-5-6-15-11-12-20(18(21)13-15)14-16-7-9-17(19)10-8-16/h7-13H,2-6,14H2,1H3. The van der Waals surface area contributed by atoms with Crippen LogP contribution in [0.15, 0.2) is 47.4 Å². The minimum absolute atomic E-state index is 0.00677.